The molecule has 2 N–H and O–H groups in total. The highest BCUT2D eigenvalue weighted by Gasteiger charge is 2.12. The summed E-state index contributed by atoms with van der Waals surface area (Å²) in [4.78, 5) is 11.6. The van der Waals surface area contributed by atoms with Crippen LogP contribution in [0.1, 0.15) is 10.4 Å². The first-order chi connectivity index (χ1) is 7.24. The Hall–Kier alpha value is -2.03. The second kappa shape index (κ2) is 3.61. The van der Waals surface area contributed by atoms with Crippen LogP contribution < -0.4 is 5.32 Å². The van der Waals surface area contributed by atoms with Gasteiger partial charge in [0.25, 0.3) is 5.91 Å². The number of aromatic hydroxyl groups is 1. The summed E-state index contributed by atoms with van der Waals surface area (Å²) in [5, 5.41) is 13.9. The van der Waals surface area contributed by atoms with Crippen molar-refractivity contribution in [3.8, 4) is 5.75 Å². The van der Waals surface area contributed by atoms with Crippen LogP contribution in [0.2, 0.25) is 0 Å². The molecule has 0 atom stereocenters. The molecule has 0 aliphatic rings. The third-order valence-corrected chi connectivity index (χ3v) is 2.36. The molecule has 2 rings (SSSR count). The Labute approximate surface area is 87.3 Å². The molecule has 3 heteroatoms. The molecule has 0 saturated carbocycles. The number of carbonyl (C=O) groups is 1. The first-order valence-electron chi connectivity index (χ1n) is 4.67. The normalized spacial score (nSPS) is 10.2. The molecule has 0 fully saturated rings. The molecule has 76 valence electrons. The summed E-state index contributed by atoms with van der Waals surface area (Å²) in [6, 6.07) is 10.8. The Bertz CT molecular complexity index is 520. The monoisotopic (exact) mass is 201 g/mol. The number of hydrogen-bond donors (Lipinski definition) is 2. The van der Waals surface area contributed by atoms with E-state index < -0.39 is 0 Å². The topological polar surface area (TPSA) is 49.3 Å². The second-order valence-electron chi connectivity index (χ2n) is 3.26. The molecule has 1 amide bonds. The molecule has 0 radical (unpaired) electrons. The molecule has 0 spiro atoms. The number of fused-ring (bicyclic) bond motifs is 1. The number of phenols is 1. The van der Waals surface area contributed by atoms with E-state index in [1.165, 1.54) is 6.07 Å². The summed E-state index contributed by atoms with van der Waals surface area (Å²) in [7, 11) is 1.55. The predicted molar refractivity (Wildman–Crippen MR) is 59.0 cm³/mol. The Morgan fingerprint density at radius 1 is 1.20 bits per heavy atom. The van der Waals surface area contributed by atoms with Crippen LogP contribution in [0.15, 0.2) is 36.4 Å². The van der Waals surface area contributed by atoms with E-state index in [0.29, 0.717) is 5.56 Å². The van der Waals surface area contributed by atoms with Crippen LogP contribution in [-0.4, -0.2) is 18.1 Å². The molecule has 2 aromatic rings. The van der Waals surface area contributed by atoms with Crippen molar-refractivity contribution in [2.45, 2.75) is 0 Å². The SMILES string of the molecule is CNC(=O)c1c(O)ccc2ccccc12. The van der Waals surface area contributed by atoms with Gasteiger partial charge in [-0.15, -0.1) is 0 Å². The molecule has 0 aromatic heterocycles. The lowest BCUT2D eigenvalue weighted by molar-refractivity contribution is 0.0962. The highest BCUT2D eigenvalue weighted by molar-refractivity contribution is 6.09. The van der Waals surface area contributed by atoms with E-state index in [4.69, 9.17) is 0 Å². The highest BCUT2D eigenvalue weighted by Crippen LogP contribution is 2.26. The van der Waals surface area contributed by atoms with E-state index in [9.17, 15) is 9.90 Å². The Morgan fingerprint density at radius 2 is 1.93 bits per heavy atom. The van der Waals surface area contributed by atoms with Crippen LogP contribution in [0.4, 0.5) is 0 Å². The van der Waals surface area contributed by atoms with Gasteiger partial charge in [-0.25, -0.2) is 0 Å². The number of benzene rings is 2. The van der Waals surface area contributed by atoms with Crippen molar-refractivity contribution in [2.75, 3.05) is 7.05 Å². The average molecular weight is 201 g/mol. The summed E-state index contributed by atoms with van der Waals surface area (Å²) < 4.78 is 0. The van der Waals surface area contributed by atoms with Crippen LogP contribution in [0, 0.1) is 0 Å². The lowest BCUT2D eigenvalue weighted by Gasteiger charge is -2.07. The molecular weight excluding hydrogens is 190 g/mol. The maximum absolute atomic E-state index is 11.6. The summed E-state index contributed by atoms with van der Waals surface area (Å²) in [6.07, 6.45) is 0. The zero-order chi connectivity index (χ0) is 10.8. The number of rotatable bonds is 1. The third kappa shape index (κ3) is 1.52. The fraction of sp³-hybridized carbons (Fsp3) is 0.0833. The van der Waals surface area contributed by atoms with Crippen molar-refractivity contribution in [3.05, 3.63) is 42.0 Å². The second-order valence-corrected chi connectivity index (χ2v) is 3.26. The number of carbonyl (C=O) groups excluding carboxylic acids is 1. The van der Waals surface area contributed by atoms with E-state index in [1.807, 2.05) is 24.3 Å². The van der Waals surface area contributed by atoms with Gasteiger partial charge in [0.05, 0.1) is 5.56 Å². The molecule has 3 nitrogen and oxygen atoms in total. The van der Waals surface area contributed by atoms with Gasteiger partial charge in [0.15, 0.2) is 0 Å². The predicted octanol–water partition coefficient (Wildman–Crippen LogP) is 1.90. The van der Waals surface area contributed by atoms with Gasteiger partial charge in [-0.05, 0) is 16.8 Å². The highest BCUT2D eigenvalue weighted by atomic mass is 16.3. The van der Waals surface area contributed by atoms with E-state index in [1.54, 1.807) is 13.1 Å². The van der Waals surface area contributed by atoms with E-state index >= 15 is 0 Å². The Balaban J connectivity index is 2.79. The Morgan fingerprint density at radius 3 is 2.67 bits per heavy atom. The molecular formula is C12H11NO2. The number of amides is 1. The zero-order valence-electron chi connectivity index (χ0n) is 8.32. The maximum Gasteiger partial charge on any atom is 0.255 e. The fourth-order valence-electron chi connectivity index (χ4n) is 1.62. The van der Waals surface area contributed by atoms with Gasteiger partial charge in [0.1, 0.15) is 5.75 Å². The quantitative estimate of drug-likeness (QED) is 0.740. The lowest BCUT2D eigenvalue weighted by Crippen LogP contribution is -2.18. The third-order valence-electron chi connectivity index (χ3n) is 2.36. The number of nitrogens with one attached hydrogen (secondary N) is 1. The first-order valence-corrected chi connectivity index (χ1v) is 4.67. The molecule has 0 aliphatic heterocycles. The summed E-state index contributed by atoms with van der Waals surface area (Å²) in [6.45, 7) is 0. The Kier molecular flexibility index (Phi) is 2.29. The lowest BCUT2D eigenvalue weighted by atomic mass is 10.0. The molecule has 2 aromatic carbocycles. The van der Waals surface area contributed by atoms with Crippen LogP contribution in [0.25, 0.3) is 10.8 Å². The van der Waals surface area contributed by atoms with E-state index in [-0.39, 0.29) is 11.7 Å². The van der Waals surface area contributed by atoms with Crippen molar-refractivity contribution in [2.24, 2.45) is 0 Å². The average Bonchev–Trinajstić information content (AvgIpc) is 2.28. The minimum absolute atomic E-state index is 0.00745. The minimum atomic E-state index is -0.274. The van der Waals surface area contributed by atoms with Crippen molar-refractivity contribution in [1.29, 1.82) is 0 Å². The van der Waals surface area contributed by atoms with Crippen LogP contribution >= 0.6 is 0 Å². The van der Waals surface area contributed by atoms with Crippen LogP contribution in [0.5, 0.6) is 5.75 Å². The molecule has 0 heterocycles. The fourth-order valence-corrected chi connectivity index (χ4v) is 1.62. The molecule has 15 heavy (non-hydrogen) atoms. The smallest absolute Gasteiger partial charge is 0.255 e. The van der Waals surface area contributed by atoms with Crippen LogP contribution in [0.3, 0.4) is 0 Å². The van der Waals surface area contributed by atoms with Gasteiger partial charge < -0.3 is 10.4 Å². The van der Waals surface area contributed by atoms with E-state index in [0.717, 1.165) is 10.8 Å². The molecule has 0 unspecified atom stereocenters. The van der Waals surface area contributed by atoms with E-state index in [2.05, 4.69) is 5.32 Å². The molecule has 0 bridgehead atoms. The van der Waals surface area contributed by atoms with Gasteiger partial charge in [0, 0.05) is 7.05 Å². The first kappa shape index (κ1) is 9.52. The van der Waals surface area contributed by atoms with Crippen molar-refractivity contribution >= 4 is 16.7 Å². The van der Waals surface area contributed by atoms with Gasteiger partial charge in [-0.3, -0.25) is 4.79 Å². The van der Waals surface area contributed by atoms with Gasteiger partial charge in [-0.1, -0.05) is 30.3 Å². The van der Waals surface area contributed by atoms with Crippen molar-refractivity contribution in [1.82, 2.24) is 5.32 Å². The standard InChI is InChI=1S/C12H11NO2/c1-13-12(15)11-9-5-3-2-4-8(9)6-7-10(11)14/h2-7,14H,1H3,(H,13,15). The number of phenolic OH excluding ortho intramolecular Hbond substituents is 1. The number of hydrogen-bond acceptors (Lipinski definition) is 2. The van der Waals surface area contributed by atoms with Crippen molar-refractivity contribution in [3.63, 3.8) is 0 Å². The zero-order valence-corrected chi connectivity index (χ0v) is 8.32. The van der Waals surface area contributed by atoms with Gasteiger partial charge in [0.2, 0.25) is 0 Å². The van der Waals surface area contributed by atoms with Crippen LogP contribution in [-0.2, 0) is 0 Å². The largest absolute Gasteiger partial charge is 0.507 e. The maximum atomic E-state index is 11.6. The summed E-state index contributed by atoms with van der Waals surface area (Å²) in [5.74, 6) is -0.266. The molecule has 0 saturated heterocycles. The van der Waals surface area contributed by atoms with Gasteiger partial charge >= 0.3 is 0 Å². The molecule has 0 aliphatic carbocycles. The van der Waals surface area contributed by atoms with Gasteiger partial charge in [-0.2, -0.15) is 0 Å². The minimum Gasteiger partial charge on any atom is -0.507 e. The van der Waals surface area contributed by atoms with Crippen molar-refractivity contribution < 1.29 is 9.90 Å². The summed E-state index contributed by atoms with van der Waals surface area (Å²) in [5.41, 5.74) is 0.329. The summed E-state index contributed by atoms with van der Waals surface area (Å²) >= 11 is 0.